The molecule has 1 N–H and O–H groups in total. The molecule has 0 unspecified atom stereocenters. The summed E-state index contributed by atoms with van der Waals surface area (Å²) in [6.45, 7) is 0. The molecule has 0 aliphatic heterocycles. The van der Waals surface area contributed by atoms with Gasteiger partial charge in [0.15, 0.2) is 5.82 Å². The van der Waals surface area contributed by atoms with Gasteiger partial charge < -0.3 is 5.11 Å². The number of hydrogen-bond donors (Lipinski definition) is 1. The summed E-state index contributed by atoms with van der Waals surface area (Å²) < 4.78 is 1.87. The zero-order valence-corrected chi connectivity index (χ0v) is 10.7. The van der Waals surface area contributed by atoms with Crippen LogP contribution >= 0.6 is 11.3 Å². The SMILES string of the molecule is O=C(O)CCc1csc2nnc(-c3ccccn3)n12. The maximum Gasteiger partial charge on any atom is 0.303 e. The minimum Gasteiger partial charge on any atom is -0.481 e. The van der Waals surface area contributed by atoms with Gasteiger partial charge in [-0.25, -0.2) is 0 Å². The van der Waals surface area contributed by atoms with E-state index < -0.39 is 5.97 Å². The Morgan fingerprint density at radius 3 is 3.00 bits per heavy atom. The molecule has 3 aromatic heterocycles. The largest absolute Gasteiger partial charge is 0.481 e. The lowest BCUT2D eigenvalue weighted by Crippen LogP contribution is -2.01. The number of carboxylic acids is 1. The Morgan fingerprint density at radius 1 is 1.37 bits per heavy atom. The van der Waals surface area contributed by atoms with Crippen molar-refractivity contribution in [2.45, 2.75) is 12.8 Å². The highest BCUT2D eigenvalue weighted by Crippen LogP contribution is 2.23. The summed E-state index contributed by atoms with van der Waals surface area (Å²) in [5.41, 5.74) is 1.62. The fourth-order valence-electron chi connectivity index (χ4n) is 1.85. The van der Waals surface area contributed by atoms with Gasteiger partial charge in [0.05, 0.1) is 6.42 Å². The van der Waals surface area contributed by atoms with E-state index in [0.717, 1.165) is 16.3 Å². The van der Waals surface area contributed by atoms with E-state index in [4.69, 9.17) is 5.11 Å². The number of hydrogen-bond acceptors (Lipinski definition) is 5. The minimum atomic E-state index is -0.813. The summed E-state index contributed by atoms with van der Waals surface area (Å²) in [5.74, 6) is -0.163. The average Bonchev–Trinajstić information content (AvgIpc) is 2.99. The quantitative estimate of drug-likeness (QED) is 0.785. The second-order valence-corrected chi connectivity index (χ2v) is 4.81. The van der Waals surface area contributed by atoms with E-state index in [2.05, 4.69) is 15.2 Å². The number of aliphatic carboxylic acids is 1. The van der Waals surface area contributed by atoms with Crippen LogP contribution in [0.25, 0.3) is 16.5 Å². The van der Waals surface area contributed by atoms with Crippen LogP contribution in [-0.4, -0.2) is 30.7 Å². The lowest BCUT2D eigenvalue weighted by Gasteiger charge is -2.00. The number of pyridine rings is 1. The van der Waals surface area contributed by atoms with E-state index in [1.807, 2.05) is 28.0 Å². The third-order valence-electron chi connectivity index (χ3n) is 2.71. The molecule has 0 spiro atoms. The Hall–Kier alpha value is -2.28. The lowest BCUT2D eigenvalue weighted by molar-refractivity contribution is -0.136. The average molecular weight is 274 g/mol. The van der Waals surface area contributed by atoms with Gasteiger partial charge in [-0.1, -0.05) is 6.07 Å². The van der Waals surface area contributed by atoms with Gasteiger partial charge >= 0.3 is 5.97 Å². The number of rotatable bonds is 4. The Labute approximate surface area is 112 Å². The standard InChI is InChI=1S/C12H10N4O2S/c17-10(18)5-4-8-7-19-12-15-14-11(16(8)12)9-3-1-2-6-13-9/h1-3,6-7H,4-5H2,(H,17,18). The molecule has 96 valence electrons. The van der Waals surface area contributed by atoms with Crippen LogP contribution in [0.2, 0.25) is 0 Å². The number of carbonyl (C=O) groups is 1. The molecule has 0 atom stereocenters. The Kier molecular flexibility index (Phi) is 2.96. The molecule has 19 heavy (non-hydrogen) atoms. The Morgan fingerprint density at radius 2 is 2.26 bits per heavy atom. The topological polar surface area (TPSA) is 80.4 Å². The summed E-state index contributed by atoms with van der Waals surface area (Å²) in [6.07, 6.45) is 2.23. The van der Waals surface area contributed by atoms with Crippen molar-refractivity contribution in [2.75, 3.05) is 0 Å². The fourth-order valence-corrected chi connectivity index (χ4v) is 2.71. The zero-order valence-electron chi connectivity index (χ0n) is 9.85. The van der Waals surface area contributed by atoms with Crippen molar-refractivity contribution in [3.63, 3.8) is 0 Å². The molecule has 0 aliphatic carbocycles. The molecular weight excluding hydrogens is 264 g/mol. The second kappa shape index (κ2) is 4.77. The van der Waals surface area contributed by atoms with Crippen LogP contribution in [-0.2, 0) is 11.2 Å². The van der Waals surface area contributed by atoms with Crippen LogP contribution in [0, 0.1) is 0 Å². The van der Waals surface area contributed by atoms with Crippen molar-refractivity contribution in [1.29, 1.82) is 0 Å². The molecule has 0 radical (unpaired) electrons. The van der Waals surface area contributed by atoms with Crippen LogP contribution in [0.15, 0.2) is 29.8 Å². The molecule has 0 aliphatic rings. The van der Waals surface area contributed by atoms with E-state index in [9.17, 15) is 4.79 Å². The third-order valence-corrected chi connectivity index (χ3v) is 3.57. The van der Waals surface area contributed by atoms with E-state index >= 15 is 0 Å². The van der Waals surface area contributed by atoms with Gasteiger partial charge in [-0.05, 0) is 18.6 Å². The van der Waals surface area contributed by atoms with Crippen LogP contribution < -0.4 is 0 Å². The normalized spacial score (nSPS) is 10.9. The first kappa shape index (κ1) is 11.8. The summed E-state index contributed by atoms with van der Waals surface area (Å²) in [5, 5.41) is 18.9. The Balaban J connectivity index is 2.06. The molecule has 0 bridgehead atoms. The van der Waals surface area contributed by atoms with Gasteiger partial charge in [0.1, 0.15) is 5.69 Å². The number of aromatic nitrogens is 4. The highest BCUT2D eigenvalue weighted by atomic mass is 32.1. The van der Waals surface area contributed by atoms with Gasteiger partial charge in [-0.3, -0.25) is 14.2 Å². The van der Waals surface area contributed by atoms with Crippen molar-refractivity contribution in [1.82, 2.24) is 19.6 Å². The van der Waals surface area contributed by atoms with E-state index in [0.29, 0.717) is 12.2 Å². The van der Waals surface area contributed by atoms with Gasteiger partial charge in [-0.15, -0.1) is 21.5 Å². The number of thiazole rings is 1. The predicted octanol–water partition coefficient (Wildman–Crippen LogP) is 1.87. The van der Waals surface area contributed by atoms with Gasteiger partial charge in [-0.2, -0.15) is 0 Å². The van der Waals surface area contributed by atoms with Crippen molar-refractivity contribution in [3.05, 3.63) is 35.5 Å². The number of fused-ring (bicyclic) bond motifs is 1. The Bertz CT molecular complexity index is 720. The summed E-state index contributed by atoms with van der Waals surface area (Å²) in [6, 6.07) is 5.57. The molecule has 0 aromatic carbocycles. The van der Waals surface area contributed by atoms with Crippen LogP contribution in [0.5, 0.6) is 0 Å². The number of carboxylic acid groups (broad SMARTS) is 1. The maximum absolute atomic E-state index is 10.7. The highest BCUT2D eigenvalue weighted by molar-refractivity contribution is 7.15. The van der Waals surface area contributed by atoms with E-state index in [1.54, 1.807) is 6.20 Å². The predicted molar refractivity (Wildman–Crippen MR) is 70.1 cm³/mol. The van der Waals surface area contributed by atoms with Crippen LogP contribution in [0.4, 0.5) is 0 Å². The summed E-state index contributed by atoms with van der Waals surface area (Å²) >= 11 is 1.45. The molecule has 6 nitrogen and oxygen atoms in total. The lowest BCUT2D eigenvalue weighted by atomic mass is 10.2. The van der Waals surface area contributed by atoms with Crippen LogP contribution in [0.1, 0.15) is 12.1 Å². The molecule has 0 fully saturated rings. The van der Waals surface area contributed by atoms with Gasteiger partial charge in [0.2, 0.25) is 4.96 Å². The first-order valence-electron chi connectivity index (χ1n) is 5.70. The second-order valence-electron chi connectivity index (χ2n) is 3.98. The molecule has 3 rings (SSSR count). The summed E-state index contributed by atoms with van der Waals surface area (Å²) in [4.78, 5) is 15.7. The van der Waals surface area contributed by atoms with Gasteiger partial charge in [0, 0.05) is 17.3 Å². The fraction of sp³-hybridized carbons (Fsp3) is 0.167. The first-order chi connectivity index (χ1) is 9.25. The first-order valence-corrected chi connectivity index (χ1v) is 6.58. The molecular formula is C12H10N4O2S. The molecule has 7 heteroatoms. The molecule has 0 saturated heterocycles. The van der Waals surface area contributed by atoms with Crippen LogP contribution in [0.3, 0.4) is 0 Å². The molecule has 3 heterocycles. The smallest absolute Gasteiger partial charge is 0.303 e. The van der Waals surface area contributed by atoms with Crippen molar-refractivity contribution >= 4 is 22.3 Å². The third kappa shape index (κ3) is 2.19. The monoisotopic (exact) mass is 274 g/mol. The van der Waals surface area contributed by atoms with Crippen molar-refractivity contribution in [3.8, 4) is 11.5 Å². The van der Waals surface area contributed by atoms with E-state index in [-0.39, 0.29) is 6.42 Å². The van der Waals surface area contributed by atoms with Gasteiger partial charge in [0.25, 0.3) is 0 Å². The zero-order chi connectivity index (χ0) is 13.2. The maximum atomic E-state index is 10.7. The molecule has 0 amide bonds. The number of aryl methyl sites for hydroxylation is 1. The van der Waals surface area contributed by atoms with E-state index in [1.165, 1.54) is 11.3 Å². The molecule has 3 aromatic rings. The number of nitrogens with zero attached hydrogens (tertiary/aromatic N) is 4. The molecule has 0 saturated carbocycles. The van der Waals surface area contributed by atoms with Crippen molar-refractivity contribution in [2.24, 2.45) is 0 Å². The summed E-state index contributed by atoms with van der Waals surface area (Å²) in [7, 11) is 0. The highest BCUT2D eigenvalue weighted by Gasteiger charge is 2.14. The minimum absolute atomic E-state index is 0.0890. The van der Waals surface area contributed by atoms with Crippen molar-refractivity contribution < 1.29 is 9.90 Å².